The molecule has 158 valence electrons. The van der Waals surface area contributed by atoms with Crippen LogP contribution in [0.15, 0.2) is 43.4 Å². The minimum Gasteiger partial charge on any atom is -0.495 e. The van der Waals surface area contributed by atoms with Gasteiger partial charge in [-0.1, -0.05) is 12.6 Å². The number of likely N-dealkylation sites (tertiary alicyclic amines) is 1. The lowest BCUT2D eigenvalue weighted by molar-refractivity contribution is -0.125. The maximum Gasteiger partial charge on any atom is 0.246 e. The van der Waals surface area contributed by atoms with E-state index in [1.807, 2.05) is 11.0 Å². The summed E-state index contributed by atoms with van der Waals surface area (Å²) >= 11 is 1.67. The van der Waals surface area contributed by atoms with E-state index in [-0.39, 0.29) is 11.9 Å². The van der Waals surface area contributed by atoms with Crippen molar-refractivity contribution >= 4 is 44.2 Å². The first-order valence-corrected chi connectivity index (χ1v) is 10.9. The Bertz CT molecular complexity index is 1340. The number of nitrogens with two attached hydrogens (primary N) is 1. The monoisotopic (exact) mass is 433 g/mol. The minimum absolute atomic E-state index is 0.0414. The number of amides is 1. The van der Waals surface area contributed by atoms with Gasteiger partial charge in [-0.15, -0.1) is 11.3 Å². The summed E-state index contributed by atoms with van der Waals surface area (Å²) in [5.74, 6) is 1.28. The van der Waals surface area contributed by atoms with Crippen molar-refractivity contribution in [3.8, 4) is 16.2 Å². The van der Waals surface area contributed by atoms with Crippen LogP contribution in [0.4, 0.5) is 5.82 Å². The number of aryl methyl sites for hydroxylation is 1. The number of aromatic nitrogens is 3. The van der Waals surface area contributed by atoms with Gasteiger partial charge in [0.2, 0.25) is 5.91 Å². The number of nitrogens with zero attached hydrogens (tertiary/aromatic N) is 4. The highest BCUT2D eigenvalue weighted by atomic mass is 32.1. The van der Waals surface area contributed by atoms with E-state index in [9.17, 15) is 4.79 Å². The summed E-state index contributed by atoms with van der Waals surface area (Å²) < 4.78 is 8.86. The first kappa shape index (κ1) is 19.6. The molecule has 3 aromatic heterocycles. The Hall–Kier alpha value is -3.39. The standard InChI is InChI=1S/C23H23N5O2S/c1-4-19(29)27-6-5-15(10-27)28-11-16(20-22(24)25-12-26-23(20)28)18-9-14-7-13(2)8-17(30-3)21(14)31-18/h4,7-9,11-12,15H,1,5-6,10H2,2-3H3,(H2,24,25,26). The van der Waals surface area contributed by atoms with Gasteiger partial charge in [-0.3, -0.25) is 4.79 Å². The molecule has 5 rings (SSSR count). The van der Waals surface area contributed by atoms with Gasteiger partial charge in [0.15, 0.2) is 0 Å². The molecular formula is C23H23N5O2S. The summed E-state index contributed by atoms with van der Waals surface area (Å²) in [5.41, 5.74) is 9.26. The first-order valence-electron chi connectivity index (χ1n) is 10.1. The number of hydrogen-bond acceptors (Lipinski definition) is 6. The number of carbonyl (C=O) groups excluding carboxylic acids is 1. The fraction of sp³-hybridized carbons (Fsp3) is 0.261. The van der Waals surface area contributed by atoms with E-state index in [1.165, 1.54) is 12.4 Å². The Morgan fingerprint density at radius 2 is 2.19 bits per heavy atom. The molecule has 1 aliphatic rings. The van der Waals surface area contributed by atoms with Gasteiger partial charge in [-0.2, -0.15) is 0 Å². The largest absolute Gasteiger partial charge is 0.495 e. The molecule has 4 aromatic rings. The Morgan fingerprint density at radius 3 is 2.97 bits per heavy atom. The van der Waals surface area contributed by atoms with Crippen molar-refractivity contribution in [2.75, 3.05) is 25.9 Å². The second-order valence-electron chi connectivity index (χ2n) is 7.83. The minimum atomic E-state index is -0.0414. The Balaban J connectivity index is 1.66. The molecule has 0 radical (unpaired) electrons. The van der Waals surface area contributed by atoms with E-state index in [4.69, 9.17) is 10.5 Å². The lowest BCUT2D eigenvalue weighted by Crippen LogP contribution is -2.27. The topological polar surface area (TPSA) is 86.3 Å². The highest BCUT2D eigenvalue weighted by Gasteiger charge is 2.29. The number of rotatable bonds is 4. The summed E-state index contributed by atoms with van der Waals surface area (Å²) in [6.45, 7) is 6.99. The molecule has 1 aliphatic heterocycles. The molecule has 1 saturated heterocycles. The van der Waals surface area contributed by atoms with E-state index in [0.29, 0.717) is 18.9 Å². The highest BCUT2D eigenvalue weighted by Crippen LogP contribution is 2.43. The quantitative estimate of drug-likeness (QED) is 0.488. The van der Waals surface area contributed by atoms with E-state index >= 15 is 0 Å². The van der Waals surface area contributed by atoms with Crippen LogP contribution in [0.1, 0.15) is 18.0 Å². The summed E-state index contributed by atoms with van der Waals surface area (Å²) in [5, 5.41) is 1.98. The van der Waals surface area contributed by atoms with Crippen LogP contribution >= 0.6 is 11.3 Å². The number of fused-ring (bicyclic) bond motifs is 2. The molecule has 2 N–H and O–H groups in total. The van der Waals surface area contributed by atoms with Gasteiger partial charge < -0.3 is 19.9 Å². The van der Waals surface area contributed by atoms with Gasteiger partial charge in [-0.25, -0.2) is 9.97 Å². The lowest BCUT2D eigenvalue weighted by atomic mass is 10.1. The second-order valence-corrected chi connectivity index (χ2v) is 8.89. The van der Waals surface area contributed by atoms with Gasteiger partial charge in [0, 0.05) is 29.7 Å². The van der Waals surface area contributed by atoms with Crippen LogP contribution < -0.4 is 10.5 Å². The second kappa shape index (κ2) is 7.39. The van der Waals surface area contributed by atoms with E-state index in [0.717, 1.165) is 49.3 Å². The smallest absolute Gasteiger partial charge is 0.246 e. The number of thiophene rings is 1. The molecule has 4 heterocycles. The Kier molecular flexibility index (Phi) is 4.66. The van der Waals surface area contributed by atoms with Crippen LogP contribution in [0.25, 0.3) is 31.6 Å². The van der Waals surface area contributed by atoms with Gasteiger partial charge in [-0.05, 0) is 42.5 Å². The summed E-state index contributed by atoms with van der Waals surface area (Å²) in [4.78, 5) is 23.8. The van der Waals surface area contributed by atoms with Crippen molar-refractivity contribution < 1.29 is 9.53 Å². The molecule has 8 heteroatoms. The zero-order valence-corrected chi connectivity index (χ0v) is 18.3. The molecule has 1 aromatic carbocycles. The molecule has 0 aliphatic carbocycles. The molecule has 7 nitrogen and oxygen atoms in total. The van der Waals surface area contributed by atoms with Gasteiger partial charge in [0.1, 0.15) is 23.5 Å². The molecule has 0 saturated carbocycles. The van der Waals surface area contributed by atoms with Gasteiger partial charge >= 0.3 is 0 Å². The van der Waals surface area contributed by atoms with Crippen molar-refractivity contribution in [3.05, 3.63) is 48.9 Å². The van der Waals surface area contributed by atoms with Crippen molar-refractivity contribution in [1.29, 1.82) is 0 Å². The Labute approximate surface area is 183 Å². The number of carbonyl (C=O) groups is 1. The molecule has 1 unspecified atom stereocenters. The van der Waals surface area contributed by atoms with Gasteiger partial charge in [0.25, 0.3) is 0 Å². The fourth-order valence-corrected chi connectivity index (χ4v) is 5.57. The molecule has 1 fully saturated rings. The number of benzene rings is 1. The lowest BCUT2D eigenvalue weighted by Gasteiger charge is -2.15. The van der Waals surface area contributed by atoms with Crippen LogP contribution in [-0.2, 0) is 4.79 Å². The number of anilines is 1. The molecule has 31 heavy (non-hydrogen) atoms. The third-order valence-electron chi connectivity index (χ3n) is 5.89. The molecule has 0 spiro atoms. The zero-order valence-electron chi connectivity index (χ0n) is 17.5. The van der Waals surface area contributed by atoms with Crippen LogP contribution in [0.2, 0.25) is 0 Å². The highest BCUT2D eigenvalue weighted by molar-refractivity contribution is 7.22. The van der Waals surface area contributed by atoms with Crippen molar-refractivity contribution in [2.24, 2.45) is 0 Å². The van der Waals surface area contributed by atoms with E-state index < -0.39 is 0 Å². The van der Waals surface area contributed by atoms with E-state index in [1.54, 1.807) is 18.4 Å². The van der Waals surface area contributed by atoms with Crippen LogP contribution in [0.5, 0.6) is 5.75 Å². The van der Waals surface area contributed by atoms with Crippen LogP contribution in [0, 0.1) is 6.92 Å². The summed E-state index contributed by atoms with van der Waals surface area (Å²) in [6.07, 6.45) is 5.82. The maximum atomic E-state index is 12.1. The number of hydrogen-bond donors (Lipinski definition) is 1. The van der Waals surface area contributed by atoms with Gasteiger partial charge in [0.05, 0.1) is 23.2 Å². The number of nitrogen functional groups attached to an aromatic ring is 1. The first-order chi connectivity index (χ1) is 15.0. The SMILES string of the molecule is C=CC(=O)N1CCC(n2cc(-c3cc4cc(C)cc(OC)c4s3)c3c(N)ncnc32)C1. The Morgan fingerprint density at radius 1 is 1.35 bits per heavy atom. The number of ether oxygens (including phenoxy) is 1. The van der Waals surface area contributed by atoms with Crippen LogP contribution in [-0.4, -0.2) is 45.5 Å². The average molecular weight is 434 g/mol. The van der Waals surface area contributed by atoms with Crippen molar-refractivity contribution in [1.82, 2.24) is 19.4 Å². The molecule has 1 amide bonds. The third kappa shape index (κ3) is 3.14. The third-order valence-corrected chi connectivity index (χ3v) is 7.09. The van der Waals surface area contributed by atoms with E-state index in [2.05, 4.69) is 46.4 Å². The van der Waals surface area contributed by atoms with Crippen molar-refractivity contribution in [2.45, 2.75) is 19.4 Å². The molecular weight excluding hydrogens is 410 g/mol. The van der Waals surface area contributed by atoms with Crippen molar-refractivity contribution in [3.63, 3.8) is 0 Å². The summed E-state index contributed by atoms with van der Waals surface area (Å²) in [7, 11) is 1.70. The summed E-state index contributed by atoms with van der Waals surface area (Å²) in [6, 6.07) is 6.50. The van der Waals surface area contributed by atoms with Crippen LogP contribution in [0.3, 0.4) is 0 Å². The predicted octanol–water partition coefficient (Wildman–Crippen LogP) is 4.17. The number of methoxy groups -OCH3 is 1. The molecule has 0 bridgehead atoms. The zero-order chi connectivity index (χ0) is 21.7. The average Bonchev–Trinajstić information content (AvgIpc) is 3.48. The molecule has 1 atom stereocenters. The predicted molar refractivity (Wildman–Crippen MR) is 124 cm³/mol. The fourth-order valence-electron chi connectivity index (χ4n) is 4.42. The normalized spacial score (nSPS) is 16.3. The maximum absolute atomic E-state index is 12.1.